The Labute approximate surface area is 186 Å². The van der Waals surface area contributed by atoms with Crippen LogP contribution in [0.2, 0.25) is 0 Å². The van der Waals surface area contributed by atoms with Crippen LogP contribution < -0.4 is 15.3 Å². The number of nitrogens with zero attached hydrogens (tertiary/aromatic N) is 5. The maximum absolute atomic E-state index is 13.1. The SMILES string of the molecule is CN(C)c1nc(=O)n(-c2cccc(Oc3nc4ccccc4o3)c2)c2nc(C3CC3)sc12. The predicted octanol–water partition coefficient (Wildman–Crippen LogP) is 4.72. The third kappa shape index (κ3) is 3.21. The summed E-state index contributed by atoms with van der Waals surface area (Å²) < 4.78 is 14.0. The van der Waals surface area contributed by atoms with Crippen molar-refractivity contribution in [1.29, 1.82) is 0 Å². The van der Waals surface area contributed by atoms with Gasteiger partial charge in [0, 0.05) is 26.1 Å². The lowest BCUT2D eigenvalue weighted by atomic mass is 10.3. The number of thiazole rings is 1. The second-order valence-electron chi connectivity index (χ2n) is 7.97. The molecule has 0 unspecified atom stereocenters. The Morgan fingerprint density at radius 3 is 2.72 bits per heavy atom. The van der Waals surface area contributed by atoms with E-state index >= 15 is 0 Å². The van der Waals surface area contributed by atoms with E-state index in [-0.39, 0.29) is 11.8 Å². The number of benzene rings is 2. The van der Waals surface area contributed by atoms with E-state index in [4.69, 9.17) is 14.1 Å². The van der Waals surface area contributed by atoms with Crippen molar-refractivity contribution in [3.8, 4) is 17.5 Å². The van der Waals surface area contributed by atoms with E-state index in [0.29, 0.717) is 34.4 Å². The Bertz CT molecular complexity index is 1500. The molecule has 1 aliphatic rings. The highest BCUT2D eigenvalue weighted by Crippen LogP contribution is 2.44. The number of fused-ring (bicyclic) bond motifs is 2. The van der Waals surface area contributed by atoms with Crippen LogP contribution in [0.25, 0.3) is 27.1 Å². The van der Waals surface area contributed by atoms with Gasteiger partial charge in [-0.1, -0.05) is 18.2 Å². The summed E-state index contributed by atoms with van der Waals surface area (Å²) >= 11 is 1.62. The molecular formula is C23H19N5O3S. The predicted molar refractivity (Wildman–Crippen MR) is 123 cm³/mol. The van der Waals surface area contributed by atoms with Gasteiger partial charge in [-0.15, -0.1) is 11.3 Å². The summed E-state index contributed by atoms with van der Waals surface area (Å²) in [6.45, 7) is 0. The van der Waals surface area contributed by atoms with E-state index in [1.54, 1.807) is 28.0 Å². The van der Waals surface area contributed by atoms with Gasteiger partial charge in [0.15, 0.2) is 17.0 Å². The zero-order valence-electron chi connectivity index (χ0n) is 17.5. The standard InChI is InChI=1S/C23H19N5O3S/c1-27(2)19-18-20(25-21(32-18)13-10-11-13)28(22(29)26-19)14-6-5-7-15(12-14)30-23-24-16-8-3-4-9-17(16)31-23/h3-9,12-13H,10-11H2,1-2H3. The van der Waals surface area contributed by atoms with Gasteiger partial charge < -0.3 is 14.1 Å². The highest BCUT2D eigenvalue weighted by molar-refractivity contribution is 7.19. The van der Waals surface area contributed by atoms with Crippen LogP contribution in [0.5, 0.6) is 11.8 Å². The summed E-state index contributed by atoms with van der Waals surface area (Å²) in [6.07, 6.45) is 2.43. The van der Waals surface area contributed by atoms with E-state index in [2.05, 4.69) is 9.97 Å². The minimum Gasteiger partial charge on any atom is -0.411 e. The number of aromatic nitrogens is 4. The van der Waals surface area contributed by atoms with Crippen molar-refractivity contribution in [2.75, 3.05) is 19.0 Å². The minimum atomic E-state index is -0.382. The van der Waals surface area contributed by atoms with Gasteiger partial charge in [0.25, 0.3) is 0 Å². The first-order valence-corrected chi connectivity index (χ1v) is 11.1. The van der Waals surface area contributed by atoms with Crippen molar-refractivity contribution in [3.05, 3.63) is 64.0 Å². The number of anilines is 1. The third-order valence-electron chi connectivity index (χ3n) is 5.34. The average Bonchev–Trinajstić information content (AvgIpc) is 3.40. The van der Waals surface area contributed by atoms with Crippen LogP contribution in [0.1, 0.15) is 23.8 Å². The van der Waals surface area contributed by atoms with Gasteiger partial charge in [0.05, 0.1) is 10.7 Å². The largest absolute Gasteiger partial charge is 0.411 e. The van der Waals surface area contributed by atoms with Crippen LogP contribution in [0.4, 0.5) is 5.82 Å². The molecule has 0 saturated heterocycles. The number of rotatable bonds is 5. The molecule has 6 rings (SSSR count). The number of hydrogen-bond acceptors (Lipinski definition) is 8. The van der Waals surface area contributed by atoms with Gasteiger partial charge in [-0.2, -0.15) is 9.97 Å². The fourth-order valence-corrected chi connectivity index (χ4v) is 4.92. The highest BCUT2D eigenvalue weighted by atomic mass is 32.1. The normalized spacial score (nSPS) is 13.7. The van der Waals surface area contributed by atoms with Crippen molar-refractivity contribution in [3.63, 3.8) is 0 Å². The highest BCUT2D eigenvalue weighted by Gasteiger charge is 2.29. The molecule has 3 heterocycles. The van der Waals surface area contributed by atoms with Crippen LogP contribution in [-0.2, 0) is 0 Å². The van der Waals surface area contributed by atoms with Gasteiger partial charge in [0.1, 0.15) is 16.0 Å². The molecule has 3 aromatic heterocycles. The van der Waals surface area contributed by atoms with E-state index in [1.807, 2.05) is 55.4 Å². The second kappa shape index (κ2) is 7.16. The first-order chi connectivity index (χ1) is 15.6. The summed E-state index contributed by atoms with van der Waals surface area (Å²) in [4.78, 5) is 28.5. The first-order valence-electron chi connectivity index (χ1n) is 10.3. The Morgan fingerprint density at radius 2 is 1.94 bits per heavy atom. The smallest absolute Gasteiger partial charge is 0.400 e. The fraction of sp³-hybridized carbons (Fsp3) is 0.217. The summed E-state index contributed by atoms with van der Waals surface area (Å²) in [6, 6.07) is 14.7. The number of hydrogen-bond donors (Lipinski definition) is 0. The maximum Gasteiger partial charge on any atom is 0.400 e. The molecule has 160 valence electrons. The molecule has 0 N–H and O–H groups in total. The molecule has 1 saturated carbocycles. The molecule has 8 nitrogen and oxygen atoms in total. The fourth-order valence-electron chi connectivity index (χ4n) is 3.63. The zero-order chi connectivity index (χ0) is 21.8. The van der Waals surface area contributed by atoms with Crippen LogP contribution in [0, 0.1) is 0 Å². The quantitative estimate of drug-likeness (QED) is 0.387. The Balaban J connectivity index is 1.45. The van der Waals surface area contributed by atoms with Crippen molar-refractivity contribution in [2.45, 2.75) is 18.8 Å². The number of oxazole rings is 1. The van der Waals surface area contributed by atoms with Crippen molar-refractivity contribution >= 4 is 38.6 Å². The zero-order valence-corrected chi connectivity index (χ0v) is 18.3. The Hall–Kier alpha value is -3.72. The van der Waals surface area contributed by atoms with Crippen molar-refractivity contribution in [2.24, 2.45) is 0 Å². The third-order valence-corrected chi connectivity index (χ3v) is 6.54. The molecule has 5 aromatic rings. The van der Waals surface area contributed by atoms with Crippen molar-refractivity contribution < 1.29 is 9.15 Å². The Kier molecular flexibility index (Phi) is 4.25. The lowest BCUT2D eigenvalue weighted by molar-refractivity contribution is 0.343. The summed E-state index contributed by atoms with van der Waals surface area (Å²) in [5.41, 5.74) is 2.23. The molecule has 0 aliphatic heterocycles. The summed E-state index contributed by atoms with van der Waals surface area (Å²) in [5, 5.41) is 1.06. The average molecular weight is 446 g/mol. The molecule has 0 radical (unpaired) electrons. The van der Waals surface area contributed by atoms with Gasteiger partial charge in [0.2, 0.25) is 0 Å². The second-order valence-corrected chi connectivity index (χ2v) is 9.00. The molecule has 0 amide bonds. The number of ether oxygens (including phenoxy) is 1. The van der Waals surface area contributed by atoms with Crippen molar-refractivity contribution in [1.82, 2.24) is 19.5 Å². The Morgan fingerprint density at radius 1 is 1.09 bits per heavy atom. The van der Waals surface area contributed by atoms with E-state index < -0.39 is 0 Å². The van der Waals surface area contributed by atoms with Crippen LogP contribution >= 0.6 is 11.3 Å². The summed E-state index contributed by atoms with van der Waals surface area (Å²) in [5.74, 6) is 1.63. The van der Waals surface area contributed by atoms with Gasteiger partial charge in [-0.05, 0) is 37.1 Å². The molecule has 9 heteroatoms. The lowest BCUT2D eigenvalue weighted by Crippen LogP contribution is -2.25. The van der Waals surface area contributed by atoms with E-state index in [1.165, 1.54) is 0 Å². The van der Waals surface area contributed by atoms with E-state index in [9.17, 15) is 4.79 Å². The van der Waals surface area contributed by atoms with Crippen LogP contribution in [0.3, 0.4) is 0 Å². The van der Waals surface area contributed by atoms with Gasteiger partial charge in [-0.3, -0.25) is 0 Å². The molecule has 2 aromatic carbocycles. The number of para-hydroxylation sites is 2. The van der Waals surface area contributed by atoms with E-state index in [0.717, 1.165) is 28.1 Å². The molecule has 1 fully saturated rings. The molecule has 32 heavy (non-hydrogen) atoms. The lowest BCUT2D eigenvalue weighted by Gasteiger charge is -2.14. The maximum atomic E-state index is 13.1. The molecular weight excluding hydrogens is 426 g/mol. The molecule has 0 spiro atoms. The van der Waals surface area contributed by atoms with Crippen LogP contribution in [-0.4, -0.2) is 33.6 Å². The van der Waals surface area contributed by atoms with Gasteiger partial charge in [-0.25, -0.2) is 14.3 Å². The minimum absolute atomic E-state index is 0.145. The molecule has 0 atom stereocenters. The van der Waals surface area contributed by atoms with Gasteiger partial charge >= 0.3 is 11.8 Å². The van der Waals surface area contributed by atoms with Crippen LogP contribution in [0.15, 0.2) is 57.7 Å². The monoisotopic (exact) mass is 445 g/mol. The summed E-state index contributed by atoms with van der Waals surface area (Å²) in [7, 11) is 3.77. The first kappa shape index (κ1) is 19.0. The molecule has 0 bridgehead atoms. The topological polar surface area (TPSA) is 86.3 Å². The molecule has 1 aliphatic carbocycles.